The minimum absolute atomic E-state index is 0.105. The quantitative estimate of drug-likeness (QED) is 0.924. The molecule has 0 bridgehead atoms. The van der Waals surface area contributed by atoms with Crippen LogP contribution in [0.4, 0.5) is 5.82 Å². The highest BCUT2D eigenvalue weighted by Gasteiger charge is 2.36. The third kappa shape index (κ3) is 3.08. The highest BCUT2D eigenvalue weighted by atomic mass is 15.2. The van der Waals surface area contributed by atoms with E-state index in [0.717, 1.165) is 18.4 Å². The fraction of sp³-hybridized carbons (Fsp3) is 0.722. The molecule has 3 rings (SSSR count). The summed E-state index contributed by atoms with van der Waals surface area (Å²) < 4.78 is 0. The van der Waals surface area contributed by atoms with Crippen LogP contribution in [0.2, 0.25) is 0 Å². The van der Waals surface area contributed by atoms with E-state index in [0.29, 0.717) is 0 Å². The van der Waals surface area contributed by atoms with Crippen molar-refractivity contribution in [1.82, 2.24) is 10.3 Å². The molecule has 3 heteroatoms. The van der Waals surface area contributed by atoms with Crippen LogP contribution in [0.1, 0.15) is 51.3 Å². The number of aromatic nitrogens is 1. The van der Waals surface area contributed by atoms with Gasteiger partial charge in [0, 0.05) is 30.7 Å². The molecular formula is C18H29N3. The van der Waals surface area contributed by atoms with Crippen molar-refractivity contribution in [1.29, 1.82) is 0 Å². The Morgan fingerprint density at radius 1 is 1.19 bits per heavy atom. The Balaban J connectivity index is 1.88. The summed E-state index contributed by atoms with van der Waals surface area (Å²) in [7, 11) is 2.01. The second-order valence-electron chi connectivity index (χ2n) is 7.86. The minimum Gasteiger partial charge on any atom is -0.356 e. The van der Waals surface area contributed by atoms with Crippen molar-refractivity contribution < 1.29 is 0 Å². The van der Waals surface area contributed by atoms with Crippen molar-refractivity contribution >= 4 is 5.82 Å². The second kappa shape index (κ2) is 5.60. The molecule has 1 saturated heterocycles. The second-order valence-corrected chi connectivity index (χ2v) is 7.86. The van der Waals surface area contributed by atoms with E-state index in [4.69, 9.17) is 4.98 Å². The Morgan fingerprint density at radius 2 is 1.86 bits per heavy atom. The van der Waals surface area contributed by atoms with Gasteiger partial charge < -0.3 is 10.2 Å². The van der Waals surface area contributed by atoms with Gasteiger partial charge in [0.25, 0.3) is 0 Å². The maximum absolute atomic E-state index is 4.99. The van der Waals surface area contributed by atoms with Crippen molar-refractivity contribution in [3.05, 3.63) is 23.4 Å². The summed E-state index contributed by atoms with van der Waals surface area (Å²) in [5.74, 6) is 3.03. The molecule has 21 heavy (non-hydrogen) atoms. The number of nitrogens with one attached hydrogen (secondary N) is 1. The molecule has 2 unspecified atom stereocenters. The molecule has 0 spiro atoms. The molecule has 2 fully saturated rings. The lowest BCUT2D eigenvalue weighted by atomic mass is 9.90. The number of rotatable bonds is 3. The molecule has 2 atom stereocenters. The van der Waals surface area contributed by atoms with E-state index in [1.807, 2.05) is 7.05 Å². The van der Waals surface area contributed by atoms with Crippen molar-refractivity contribution in [2.45, 2.75) is 52.0 Å². The molecule has 0 radical (unpaired) electrons. The molecule has 1 aromatic heterocycles. The van der Waals surface area contributed by atoms with E-state index in [1.165, 1.54) is 49.4 Å². The van der Waals surface area contributed by atoms with Gasteiger partial charge >= 0.3 is 0 Å². The van der Waals surface area contributed by atoms with Gasteiger partial charge in [-0.3, -0.25) is 0 Å². The van der Waals surface area contributed by atoms with Gasteiger partial charge in [-0.2, -0.15) is 0 Å². The minimum atomic E-state index is 0.105. The molecule has 3 nitrogen and oxygen atoms in total. The van der Waals surface area contributed by atoms with Crippen molar-refractivity contribution in [2.24, 2.45) is 11.8 Å². The SMILES string of the molecule is CNCc1cc(N2CC3CCCC3C2)nc(C(C)(C)C)c1. The molecule has 116 valence electrons. The standard InChI is InChI=1S/C18H29N3/c1-18(2,3)16-8-13(10-19-4)9-17(20-16)21-11-14-6-5-7-15(14)12-21/h8-9,14-15,19H,5-7,10-12H2,1-4H3. The van der Waals surface area contributed by atoms with Crippen molar-refractivity contribution in [3.8, 4) is 0 Å². The summed E-state index contributed by atoms with van der Waals surface area (Å²) in [5, 5.41) is 3.27. The molecule has 0 amide bonds. The van der Waals surface area contributed by atoms with E-state index in [1.54, 1.807) is 0 Å². The van der Waals surface area contributed by atoms with Crippen LogP contribution in [0.25, 0.3) is 0 Å². The van der Waals surface area contributed by atoms with Crippen molar-refractivity contribution in [2.75, 3.05) is 25.0 Å². The van der Waals surface area contributed by atoms with E-state index in [-0.39, 0.29) is 5.41 Å². The molecule has 1 N–H and O–H groups in total. The Bertz CT molecular complexity index is 492. The third-order valence-corrected chi connectivity index (χ3v) is 5.07. The lowest BCUT2D eigenvalue weighted by molar-refractivity contribution is 0.494. The van der Waals surface area contributed by atoms with E-state index in [2.05, 4.69) is 43.1 Å². The number of pyridine rings is 1. The van der Waals surface area contributed by atoms with Gasteiger partial charge in [-0.15, -0.1) is 0 Å². The van der Waals surface area contributed by atoms with Crippen LogP contribution in [0.3, 0.4) is 0 Å². The van der Waals surface area contributed by atoms with Crippen LogP contribution in [0.15, 0.2) is 12.1 Å². The summed E-state index contributed by atoms with van der Waals surface area (Å²) in [6.07, 6.45) is 4.27. The third-order valence-electron chi connectivity index (χ3n) is 5.07. The first-order valence-corrected chi connectivity index (χ1v) is 8.38. The van der Waals surface area contributed by atoms with Crippen LogP contribution in [0.5, 0.6) is 0 Å². The first-order valence-electron chi connectivity index (χ1n) is 8.38. The fourth-order valence-corrected chi connectivity index (χ4v) is 3.85. The zero-order valence-corrected chi connectivity index (χ0v) is 13.9. The molecule has 2 heterocycles. The Hall–Kier alpha value is -1.09. The lowest BCUT2D eigenvalue weighted by Gasteiger charge is -2.24. The zero-order valence-electron chi connectivity index (χ0n) is 13.9. The molecule has 2 aliphatic rings. The summed E-state index contributed by atoms with van der Waals surface area (Å²) in [6.45, 7) is 10.1. The number of hydrogen-bond donors (Lipinski definition) is 1. The molecule has 1 aliphatic carbocycles. The molecule has 1 saturated carbocycles. The zero-order chi connectivity index (χ0) is 15.0. The monoisotopic (exact) mass is 287 g/mol. The number of anilines is 1. The van der Waals surface area contributed by atoms with Gasteiger partial charge in [0.2, 0.25) is 0 Å². The van der Waals surface area contributed by atoms with Crippen LogP contribution < -0.4 is 10.2 Å². The Morgan fingerprint density at radius 3 is 2.43 bits per heavy atom. The first-order chi connectivity index (χ1) is 9.97. The van der Waals surface area contributed by atoms with Crippen LogP contribution in [-0.2, 0) is 12.0 Å². The number of fused-ring (bicyclic) bond motifs is 1. The van der Waals surface area contributed by atoms with Crippen LogP contribution >= 0.6 is 0 Å². The fourth-order valence-electron chi connectivity index (χ4n) is 3.85. The predicted octanol–water partition coefficient (Wildman–Crippen LogP) is 3.33. The van der Waals surface area contributed by atoms with Crippen LogP contribution in [-0.4, -0.2) is 25.1 Å². The average Bonchev–Trinajstić information content (AvgIpc) is 2.98. The normalized spacial score (nSPS) is 25.4. The maximum atomic E-state index is 4.99. The summed E-state index contributed by atoms with van der Waals surface area (Å²) >= 11 is 0. The molecular weight excluding hydrogens is 258 g/mol. The summed E-state index contributed by atoms with van der Waals surface area (Å²) in [4.78, 5) is 7.53. The molecule has 0 aromatic carbocycles. The van der Waals surface area contributed by atoms with Crippen LogP contribution in [0, 0.1) is 11.8 Å². The van der Waals surface area contributed by atoms with Gasteiger partial charge in [0.1, 0.15) is 5.82 Å². The van der Waals surface area contributed by atoms with Crippen molar-refractivity contribution in [3.63, 3.8) is 0 Å². The Labute approximate surface area is 129 Å². The maximum Gasteiger partial charge on any atom is 0.129 e. The highest BCUT2D eigenvalue weighted by Crippen LogP contribution is 2.39. The van der Waals surface area contributed by atoms with Gasteiger partial charge in [0.15, 0.2) is 0 Å². The molecule has 1 aliphatic heterocycles. The largest absolute Gasteiger partial charge is 0.356 e. The van der Waals surface area contributed by atoms with Gasteiger partial charge in [0.05, 0.1) is 0 Å². The molecule has 1 aromatic rings. The predicted molar refractivity (Wildman–Crippen MR) is 88.7 cm³/mol. The Kier molecular flexibility index (Phi) is 3.96. The van der Waals surface area contributed by atoms with Gasteiger partial charge in [-0.1, -0.05) is 27.2 Å². The lowest BCUT2D eigenvalue weighted by Crippen LogP contribution is -2.24. The average molecular weight is 287 g/mol. The summed E-state index contributed by atoms with van der Waals surface area (Å²) in [6, 6.07) is 4.55. The first kappa shape index (κ1) is 14.8. The van der Waals surface area contributed by atoms with E-state index >= 15 is 0 Å². The smallest absolute Gasteiger partial charge is 0.129 e. The highest BCUT2D eigenvalue weighted by molar-refractivity contribution is 5.45. The van der Waals surface area contributed by atoms with E-state index in [9.17, 15) is 0 Å². The number of hydrogen-bond acceptors (Lipinski definition) is 3. The summed E-state index contributed by atoms with van der Waals surface area (Å²) in [5.41, 5.74) is 2.67. The number of nitrogens with zero attached hydrogens (tertiary/aromatic N) is 2. The topological polar surface area (TPSA) is 28.2 Å². The van der Waals surface area contributed by atoms with E-state index < -0.39 is 0 Å². The van der Waals surface area contributed by atoms with Gasteiger partial charge in [-0.25, -0.2) is 4.98 Å². The van der Waals surface area contributed by atoms with Gasteiger partial charge in [-0.05, 0) is 49.4 Å².